The molecule has 0 radical (unpaired) electrons. The van der Waals surface area contributed by atoms with E-state index in [1.807, 2.05) is 53.4 Å². The Kier molecular flexibility index (Phi) is 6.38. The normalized spacial score (nSPS) is 17.3. The van der Waals surface area contributed by atoms with Crippen LogP contribution < -0.4 is 4.90 Å². The molecule has 5 nitrogen and oxygen atoms in total. The number of anilines is 1. The molecule has 1 saturated heterocycles. The molecule has 4 rings (SSSR count). The summed E-state index contributed by atoms with van der Waals surface area (Å²) in [6, 6.07) is 21.2. The molecule has 3 aromatic rings. The molecule has 0 spiro atoms. The predicted molar refractivity (Wildman–Crippen MR) is 126 cm³/mol. The summed E-state index contributed by atoms with van der Waals surface area (Å²) in [5.41, 5.74) is 0.00235. The molecule has 1 heterocycles. The molecule has 0 saturated carbocycles. The molecule has 0 bridgehead atoms. The van der Waals surface area contributed by atoms with Crippen molar-refractivity contribution in [2.24, 2.45) is 0 Å². The number of halogens is 1. The van der Waals surface area contributed by atoms with Gasteiger partial charge in [-0.15, -0.1) is 0 Å². The molecule has 0 aromatic heterocycles. The first-order valence-corrected chi connectivity index (χ1v) is 11.3. The number of rotatable bonds is 6. The second-order valence-electron chi connectivity index (χ2n) is 7.78. The van der Waals surface area contributed by atoms with Gasteiger partial charge in [-0.25, -0.2) is 9.59 Å². The van der Waals surface area contributed by atoms with E-state index in [9.17, 15) is 9.59 Å². The lowest BCUT2D eigenvalue weighted by molar-refractivity contribution is -0.164. The van der Waals surface area contributed by atoms with E-state index >= 15 is 0 Å². The Morgan fingerprint density at radius 1 is 0.938 bits per heavy atom. The van der Waals surface area contributed by atoms with Gasteiger partial charge in [0.15, 0.2) is 0 Å². The van der Waals surface area contributed by atoms with Crippen molar-refractivity contribution in [3.05, 3.63) is 77.3 Å². The first-order chi connectivity index (χ1) is 15.5. The molecule has 166 valence electrons. The molecule has 0 N–H and O–H groups in total. The van der Waals surface area contributed by atoms with Gasteiger partial charge in [0.05, 0.1) is 13.2 Å². The fourth-order valence-corrected chi connectivity index (χ4v) is 4.81. The minimum atomic E-state index is -1.62. The Morgan fingerprint density at radius 2 is 1.56 bits per heavy atom. The van der Waals surface area contributed by atoms with Gasteiger partial charge in [-0.3, -0.25) is 0 Å². The van der Waals surface area contributed by atoms with Gasteiger partial charge in [-0.2, -0.15) is 0 Å². The zero-order chi connectivity index (χ0) is 22.7. The zero-order valence-electron chi connectivity index (χ0n) is 18.2. The maximum atomic E-state index is 13.6. The Hall–Kier alpha value is -3.05. The van der Waals surface area contributed by atoms with Crippen LogP contribution in [0.1, 0.15) is 31.7 Å². The summed E-state index contributed by atoms with van der Waals surface area (Å²) in [6.07, 6.45) is 0.596. The lowest BCUT2D eigenvalue weighted by Crippen LogP contribution is -2.61. The van der Waals surface area contributed by atoms with Crippen LogP contribution in [0.5, 0.6) is 0 Å². The predicted octanol–water partition coefficient (Wildman–Crippen LogP) is 5.35. The smallest absolute Gasteiger partial charge is 0.344 e. The number of hydrogen-bond acceptors (Lipinski definition) is 5. The van der Waals surface area contributed by atoms with E-state index in [0.29, 0.717) is 18.0 Å². The van der Waals surface area contributed by atoms with E-state index in [1.165, 1.54) is 0 Å². The van der Waals surface area contributed by atoms with Gasteiger partial charge in [0.2, 0.25) is 5.54 Å². The molecule has 1 aliphatic rings. The highest BCUT2D eigenvalue weighted by molar-refractivity contribution is 6.30. The van der Waals surface area contributed by atoms with E-state index < -0.39 is 23.4 Å². The van der Waals surface area contributed by atoms with Crippen LogP contribution in [0.25, 0.3) is 10.8 Å². The van der Waals surface area contributed by atoms with Crippen LogP contribution in [0.4, 0.5) is 5.69 Å². The molecular weight excluding hydrogens is 426 g/mol. The molecule has 1 atom stereocenters. The topological polar surface area (TPSA) is 55.8 Å². The van der Waals surface area contributed by atoms with Crippen LogP contribution in [0.3, 0.4) is 0 Å². The third-order valence-corrected chi connectivity index (χ3v) is 6.31. The van der Waals surface area contributed by atoms with Gasteiger partial charge in [-0.05, 0) is 60.9 Å². The molecule has 0 amide bonds. The number of benzene rings is 3. The third-order valence-electron chi connectivity index (χ3n) is 6.06. The van der Waals surface area contributed by atoms with Crippen LogP contribution in [0.15, 0.2) is 66.7 Å². The molecular formula is C26H26ClNO4. The fourth-order valence-electron chi connectivity index (χ4n) is 4.69. The van der Waals surface area contributed by atoms with Gasteiger partial charge in [-0.1, -0.05) is 54.1 Å². The molecule has 3 aromatic carbocycles. The monoisotopic (exact) mass is 451 g/mol. The van der Waals surface area contributed by atoms with Gasteiger partial charge in [0.1, 0.15) is 0 Å². The van der Waals surface area contributed by atoms with Crippen LogP contribution >= 0.6 is 11.6 Å². The van der Waals surface area contributed by atoms with Gasteiger partial charge >= 0.3 is 11.9 Å². The molecule has 1 fully saturated rings. The number of ether oxygens (including phenoxy) is 2. The molecule has 0 aliphatic carbocycles. The van der Waals surface area contributed by atoms with Crippen LogP contribution in [0.2, 0.25) is 5.02 Å². The van der Waals surface area contributed by atoms with Crippen molar-refractivity contribution in [3.8, 4) is 0 Å². The molecule has 6 heteroatoms. The second-order valence-corrected chi connectivity index (χ2v) is 8.22. The van der Waals surface area contributed by atoms with E-state index in [1.54, 1.807) is 26.0 Å². The summed E-state index contributed by atoms with van der Waals surface area (Å²) in [4.78, 5) is 29.0. The fraction of sp³-hybridized carbons (Fsp3) is 0.308. The maximum Gasteiger partial charge on any atom is 0.344 e. The first-order valence-electron chi connectivity index (χ1n) is 10.9. The Bertz CT molecular complexity index is 1110. The minimum Gasteiger partial charge on any atom is -0.464 e. The number of esters is 2. The van der Waals surface area contributed by atoms with E-state index in [4.69, 9.17) is 21.1 Å². The highest BCUT2D eigenvalue weighted by Gasteiger charge is 2.63. The Balaban J connectivity index is 1.91. The van der Waals surface area contributed by atoms with E-state index in [-0.39, 0.29) is 13.2 Å². The zero-order valence-corrected chi connectivity index (χ0v) is 19.0. The molecule has 1 aliphatic heterocycles. The van der Waals surface area contributed by atoms with Crippen molar-refractivity contribution < 1.29 is 19.1 Å². The van der Waals surface area contributed by atoms with E-state index in [0.717, 1.165) is 22.0 Å². The van der Waals surface area contributed by atoms with Gasteiger partial charge in [0, 0.05) is 23.2 Å². The quantitative estimate of drug-likeness (QED) is 0.373. The van der Waals surface area contributed by atoms with Crippen molar-refractivity contribution >= 4 is 40.0 Å². The van der Waals surface area contributed by atoms with Crippen molar-refractivity contribution in [1.82, 2.24) is 0 Å². The standard InChI is InChI=1S/C26H26ClNO4/c1-3-31-24(29)26(25(30)32-4-2)23(15-16-28(26)22-13-11-21(27)12-14-22)20-10-9-18-7-5-6-8-19(18)17-20/h5-14,17,23H,3-4,15-16H2,1-2H3. The summed E-state index contributed by atoms with van der Waals surface area (Å²) in [5.74, 6) is -1.62. The van der Waals surface area contributed by atoms with E-state index in [2.05, 4.69) is 6.07 Å². The van der Waals surface area contributed by atoms with Crippen molar-refractivity contribution in [3.63, 3.8) is 0 Å². The van der Waals surface area contributed by atoms with Crippen LogP contribution in [0, 0.1) is 0 Å². The summed E-state index contributed by atoms with van der Waals surface area (Å²) in [5, 5.41) is 2.73. The number of carbonyl (C=O) groups is 2. The minimum absolute atomic E-state index is 0.166. The largest absolute Gasteiger partial charge is 0.464 e. The summed E-state index contributed by atoms with van der Waals surface area (Å²) in [6.45, 7) is 4.31. The van der Waals surface area contributed by atoms with Gasteiger partial charge < -0.3 is 14.4 Å². The van der Waals surface area contributed by atoms with Crippen molar-refractivity contribution in [2.45, 2.75) is 31.7 Å². The number of fused-ring (bicyclic) bond motifs is 1. The van der Waals surface area contributed by atoms with Crippen LogP contribution in [-0.4, -0.2) is 37.2 Å². The lowest BCUT2D eigenvalue weighted by Gasteiger charge is -2.39. The second kappa shape index (κ2) is 9.21. The average Bonchev–Trinajstić information content (AvgIpc) is 3.21. The lowest BCUT2D eigenvalue weighted by atomic mass is 9.78. The average molecular weight is 452 g/mol. The maximum absolute atomic E-state index is 13.6. The number of nitrogens with zero attached hydrogens (tertiary/aromatic N) is 1. The summed E-state index contributed by atoms with van der Waals surface area (Å²) < 4.78 is 11.0. The third kappa shape index (κ3) is 3.71. The van der Waals surface area contributed by atoms with Gasteiger partial charge in [0.25, 0.3) is 0 Å². The molecule has 1 unspecified atom stereocenters. The van der Waals surface area contributed by atoms with Crippen molar-refractivity contribution in [1.29, 1.82) is 0 Å². The summed E-state index contributed by atoms with van der Waals surface area (Å²) >= 11 is 6.09. The van der Waals surface area contributed by atoms with Crippen LogP contribution in [-0.2, 0) is 19.1 Å². The summed E-state index contributed by atoms with van der Waals surface area (Å²) in [7, 11) is 0. The Labute approximate surface area is 192 Å². The SMILES string of the molecule is CCOC(=O)C1(C(=O)OCC)C(c2ccc3ccccc3c2)CCN1c1ccc(Cl)cc1. The molecule has 32 heavy (non-hydrogen) atoms. The van der Waals surface area contributed by atoms with Crippen molar-refractivity contribution in [2.75, 3.05) is 24.7 Å². The first kappa shape index (κ1) is 22.2. The number of hydrogen-bond donors (Lipinski definition) is 0. The number of carbonyl (C=O) groups excluding carboxylic acids is 2. The highest BCUT2D eigenvalue weighted by Crippen LogP contribution is 2.47. The highest BCUT2D eigenvalue weighted by atomic mass is 35.5. The Morgan fingerprint density at radius 3 is 2.19 bits per heavy atom.